The molecule has 4 fully saturated rings. The van der Waals surface area contributed by atoms with Crippen molar-refractivity contribution >= 4 is 0 Å². The molecule has 4 atom stereocenters. The van der Waals surface area contributed by atoms with Crippen LogP contribution in [-0.4, -0.2) is 62.5 Å². The molecule has 4 aliphatic rings. The molecule has 0 aliphatic carbocycles. The van der Waals surface area contributed by atoms with Gasteiger partial charge in [-0.3, -0.25) is 15.5 Å². The van der Waals surface area contributed by atoms with Crippen molar-refractivity contribution in [2.24, 2.45) is 11.8 Å². The predicted octanol–water partition coefficient (Wildman–Crippen LogP) is -1.27. The number of piperidine rings is 2. The Morgan fingerprint density at radius 2 is 1.33 bits per heavy atom. The molecular weight excluding hydrogens is 226 g/mol. The van der Waals surface area contributed by atoms with E-state index in [1.165, 1.54) is 39.0 Å². The van der Waals surface area contributed by atoms with Crippen LogP contribution in [0.1, 0.15) is 12.8 Å². The first-order chi connectivity index (χ1) is 8.90. The summed E-state index contributed by atoms with van der Waals surface area (Å²) in [5, 5.41) is 14.7. The summed E-state index contributed by atoms with van der Waals surface area (Å²) in [5.74, 6) is 1.70. The second kappa shape index (κ2) is 4.72. The van der Waals surface area contributed by atoms with Gasteiger partial charge in [0.15, 0.2) is 0 Å². The molecule has 4 N–H and O–H groups in total. The largest absolute Gasteiger partial charge is 0.315 e. The van der Waals surface area contributed by atoms with Crippen molar-refractivity contribution in [2.45, 2.75) is 31.2 Å². The van der Waals surface area contributed by atoms with Crippen LogP contribution in [0.3, 0.4) is 0 Å². The van der Waals surface area contributed by atoms with Crippen molar-refractivity contribution in [3.8, 4) is 0 Å². The molecule has 0 radical (unpaired) electrons. The molecule has 4 rings (SSSR count). The van der Waals surface area contributed by atoms with Gasteiger partial charge >= 0.3 is 0 Å². The molecule has 4 saturated heterocycles. The standard InChI is InChI=1S/C13H25N5/c1-3-14-5-11-9(1)7-18-8-10-2-4-15-6-12(10)17-13(18)16-11/h9-17H,1-8H2. The first-order valence-corrected chi connectivity index (χ1v) is 7.58. The summed E-state index contributed by atoms with van der Waals surface area (Å²) in [7, 11) is 0. The quantitative estimate of drug-likeness (QED) is 0.433. The number of nitrogens with one attached hydrogen (secondary N) is 4. The van der Waals surface area contributed by atoms with E-state index in [0.29, 0.717) is 18.4 Å². The van der Waals surface area contributed by atoms with Crippen LogP contribution in [-0.2, 0) is 0 Å². The van der Waals surface area contributed by atoms with E-state index in [9.17, 15) is 0 Å². The Morgan fingerprint density at radius 3 is 1.89 bits per heavy atom. The molecule has 0 aromatic heterocycles. The van der Waals surface area contributed by atoms with Crippen LogP contribution in [0.25, 0.3) is 0 Å². The smallest absolute Gasteiger partial charge is 0.115 e. The van der Waals surface area contributed by atoms with Gasteiger partial charge in [0.1, 0.15) is 6.29 Å². The molecule has 0 spiro atoms. The Kier molecular flexibility index (Phi) is 3.05. The monoisotopic (exact) mass is 251 g/mol. The maximum Gasteiger partial charge on any atom is 0.115 e. The summed E-state index contributed by atoms with van der Waals surface area (Å²) in [6, 6.07) is 1.33. The van der Waals surface area contributed by atoms with Crippen LogP contribution in [0.15, 0.2) is 0 Å². The Hall–Kier alpha value is -0.200. The van der Waals surface area contributed by atoms with Crippen molar-refractivity contribution in [3.63, 3.8) is 0 Å². The highest BCUT2D eigenvalue weighted by atomic mass is 15.4. The lowest BCUT2D eigenvalue weighted by Crippen LogP contribution is -2.75. The van der Waals surface area contributed by atoms with Crippen LogP contribution >= 0.6 is 0 Å². The first kappa shape index (κ1) is 11.6. The first-order valence-electron chi connectivity index (χ1n) is 7.58. The molecule has 4 aliphatic heterocycles. The van der Waals surface area contributed by atoms with Gasteiger partial charge in [-0.05, 0) is 37.8 Å². The minimum absolute atomic E-state index is 0.410. The predicted molar refractivity (Wildman–Crippen MR) is 71.2 cm³/mol. The Bertz CT molecular complexity index is 252. The molecule has 18 heavy (non-hydrogen) atoms. The zero-order valence-electron chi connectivity index (χ0n) is 11.0. The van der Waals surface area contributed by atoms with Crippen molar-refractivity contribution in [3.05, 3.63) is 0 Å². The van der Waals surface area contributed by atoms with Gasteiger partial charge in [0, 0.05) is 38.3 Å². The molecule has 5 nitrogen and oxygen atoms in total. The lowest BCUT2D eigenvalue weighted by molar-refractivity contribution is -0.0322. The van der Waals surface area contributed by atoms with Gasteiger partial charge < -0.3 is 10.6 Å². The van der Waals surface area contributed by atoms with E-state index in [0.717, 1.165) is 24.9 Å². The van der Waals surface area contributed by atoms with Gasteiger partial charge in [0.25, 0.3) is 0 Å². The number of hydrogen-bond donors (Lipinski definition) is 4. The van der Waals surface area contributed by atoms with Crippen LogP contribution in [0.2, 0.25) is 0 Å². The topological polar surface area (TPSA) is 51.4 Å². The summed E-state index contributed by atoms with van der Waals surface area (Å²) < 4.78 is 0. The van der Waals surface area contributed by atoms with Gasteiger partial charge in [-0.2, -0.15) is 0 Å². The average Bonchev–Trinajstić information content (AvgIpc) is 2.42. The highest BCUT2D eigenvalue weighted by Gasteiger charge is 2.42. The third kappa shape index (κ3) is 1.98. The number of rotatable bonds is 0. The van der Waals surface area contributed by atoms with E-state index >= 15 is 0 Å². The Balaban J connectivity index is 1.46. The SMILES string of the molecule is C1CC2CN3CC4CCNCC4NC3NC2CN1. The van der Waals surface area contributed by atoms with Gasteiger partial charge in [0.05, 0.1) is 0 Å². The van der Waals surface area contributed by atoms with Crippen molar-refractivity contribution in [1.82, 2.24) is 26.2 Å². The normalized spacial score (nSPS) is 49.0. The summed E-state index contributed by atoms with van der Waals surface area (Å²) in [5.41, 5.74) is 0. The lowest BCUT2D eigenvalue weighted by atomic mass is 9.85. The maximum atomic E-state index is 3.81. The summed E-state index contributed by atoms with van der Waals surface area (Å²) >= 11 is 0. The second-order valence-electron chi connectivity index (χ2n) is 6.41. The zero-order chi connectivity index (χ0) is 11.9. The zero-order valence-corrected chi connectivity index (χ0v) is 11.0. The van der Waals surface area contributed by atoms with E-state index < -0.39 is 0 Å². The number of nitrogens with zero attached hydrogens (tertiary/aromatic N) is 1. The van der Waals surface area contributed by atoms with Crippen molar-refractivity contribution in [1.29, 1.82) is 0 Å². The third-order valence-corrected chi connectivity index (χ3v) is 5.30. The molecule has 4 heterocycles. The Labute approximate surface area is 109 Å². The van der Waals surface area contributed by atoms with Gasteiger partial charge in [-0.15, -0.1) is 0 Å². The summed E-state index contributed by atoms with van der Waals surface area (Å²) in [4.78, 5) is 2.65. The van der Waals surface area contributed by atoms with E-state index in [-0.39, 0.29) is 0 Å². The molecule has 5 heteroatoms. The minimum atomic E-state index is 0.410. The maximum absolute atomic E-state index is 3.81. The average molecular weight is 251 g/mol. The van der Waals surface area contributed by atoms with Crippen LogP contribution in [0.4, 0.5) is 0 Å². The van der Waals surface area contributed by atoms with Crippen molar-refractivity contribution in [2.75, 3.05) is 39.3 Å². The molecule has 102 valence electrons. The fourth-order valence-electron chi connectivity index (χ4n) is 4.21. The highest BCUT2D eigenvalue weighted by molar-refractivity contribution is 4.98. The number of hydrogen-bond acceptors (Lipinski definition) is 5. The molecule has 0 saturated carbocycles. The lowest BCUT2D eigenvalue weighted by Gasteiger charge is -2.54. The molecule has 0 aromatic carbocycles. The fourth-order valence-corrected chi connectivity index (χ4v) is 4.21. The minimum Gasteiger partial charge on any atom is -0.315 e. The van der Waals surface area contributed by atoms with E-state index in [1.807, 2.05) is 0 Å². The Morgan fingerprint density at radius 1 is 0.778 bits per heavy atom. The van der Waals surface area contributed by atoms with Crippen molar-refractivity contribution < 1.29 is 0 Å². The van der Waals surface area contributed by atoms with Gasteiger partial charge in [0.2, 0.25) is 0 Å². The molecule has 0 amide bonds. The van der Waals surface area contributed by atoms with Gasteiger partial charge in [-0.1, -0.05) is 0 Å². The molecule has 0 bridgehead atoms. The van der Waals surface area contributed by atoms with Gasteiger partial charge in [-0.25, -0.2) is 0 Å². The number of fused-ring (bicyclic) bond motifs is 3. The second-order valence-corrected chi connectivity index (χ2v) is 6.41. The molecule has 0 aromatic rings. The van der Waals surface area contributed by atoms with E-state index in [1.54, 1.807) is 0 Å². The summed E-state index contributed by atoms with van der Waals surface area (Å²) in [6.45, 7) is 7.25. The fraction of sp³-hybridized carbons (Fsp3) is 1.00. The third-order valence-electron chi connectivity index (χ3n) is 5.30. The summed E-state index contributed by atoms with van der Waals surface area (Å²) in [6.07, 6.45) is 3.07. The van der Waals surface area contributed by atoms with Crippen LogP contribution in [0.5, 0.6) is 0 Å². The molecule has 4 unspecified atom stereocenters. The van der Waals surface area contributed by atoms with E-state index in [2.05, 4.69) is 26.2 Å². The van der Waals surface area contributed by atoms with E-state index in [4.69, 9.17) is 0 Å². The molecular formula is C13H25N5. The van der Waals surface area contributed by atoms with Crippen LogP contribution < -0.4 is 21.3 Å². The highest BCUT2D eigenvalue weighted by Crippen LogP contribution is 2.27. The van der Waals surface area contributed by atoms with Crippen LogP contribution in [0, 0.1) is 11.8 Å².